The SMILES string of the molecule is N#Cc1cccc(C(C(c2cccnc2)c2cccnc2)C2(C(N)=O)CC2c2ccccc2)c1. The van der Waals surface area contributed by atoms with Crippen LogP contribution < -0.4 is 5.73 Å². The van der Waals surface area contributed by atoms with E-state index >= 15 is 0 Å². The van der Waals surface area contributed by atoms with E-state index in [1.165, 1.54) is 0 Å². The van der Waals surface area contributed by atoms with Gasteiger partial charge < -0.3 is 5.73 Å². The van der Waals surface area contributed by atoms with Crippen molar-refractivity contribution in [1.29, 1.82) is 5.26 Å². The maximum absolute atomic E-state index is 13.3. The van der Waals surface area contributed by atoms with Crippen LogP contribution >= 0.6 is 0 Å². The van der Waals surface area contributed by atoms with Crippen LogP contribution in [0.15, 0.2) is 104 Å². The summed E-state index contributed by atoms with van der Waals surface area (Å²) in [6.07, 6.45) is 7.80. The lowest BCUT2D eigenvalue weighted by Crippen LogP contribution is -2.35. The van der Waals surface area contributed by atoms with Gasteiger partial charge in [-0.15, -0.1) is 0 Å². The summed E-state index contributed by atoms with van der Waals surface area (Å²) in [5.74, 6) is -0.876. The predicted molar refractivity (Wildman–Crippen MR) is 130 cm³/mol. The van der Waals surface area contributed by atoms with Crippen molar-refractivity contribution in [2.24, 2.45) is 11.1 Å². The highest BCUT2D eigenvalue weighted by Crippen LogP contribution is 2.69. The van der Waals surface area contributed by atoms with Crippen molar-refractivity contribution in [3.8, 4) is 6.07 Å². The molecular formula is C29H24N4O. The van der Waals surface area contributed by atoms with Crippen LogP contribution in [0.3, 0.4) is 0 Å². The first-order valence-corrected chi connectivity index (χ1v) is 11.3. The summed E-state index contributed by atoms with van der Waals surface area (Å²) in [5, 5.41) is 9.61. The molecule has 1 amide bonds. The smallest absolute Gasteiger partial charge is 0.224 e. The number of aromatic nitrogens is 2. The number of nitriles is 1. The average Bonchev–Trinajstić information content (AvgIpc) is 3.65. The van der Waals surface area contributed by atoms with Gasteiger partial charge in [0, 0.05) is 42.5 Å². The topological polar surface area (TPSA) is 92.7 Å². The average molecular weight is 445 g/mol. The molecule has 34 heavy (non-hydrogen) atoms. The fourth-order valence-corrected chi connectivity index (χ4v) is 5.43. The lowest BCUT2D eigenvalue weighted by molar-refractivity contribution is -0.124. The number of nitrogens with zero attached hydrogens (tertiary/aromatic N) is 3. The van der Waals surface area contributed by atoms with Gasteiger partial charge in [-0.1, -0.05) is 54.6 Å². The Morgan fingerprint density at radius 3 is 2.12 bits per heavy atom. The third kappa shape index (κ3) is 3.74. The number of pyridine rings is 2. The predicted octanol–water partition coefficient (Wildman–Crippen LogP) is 4.92. The molecule has 166 valence electrons. The minimum absolute atomic E-state index is 0.0159. The molecule has 2 aromatic carbocycles. The third-order valence-electron chi connectivity index (χ3n) is 7.01. The normalized spacial score (nSPS) is 19.8. The summed E-state index contributed by atoms with van der Waals surface area (Å²) < 4.78 is 0. The second-order valence-electron chi connectivity index (χ2n) is 8.84. The molecule has 3 atom stereocenters. The molecule has 1 saturated carbocycles. The van der Waals surface area contributed by atoms with Crippen LogP contribution in [0, 0.1) is 16.7 Å². The van der Waals surface area contributed by atoms with Gasteiger partial charge in [-0.3, -0.25) is 14.8 Å². The highest BCUT2D eigenvalue weighted by atomic mass is 16.1. The van der Waals surface area contributed by atoms with Crippen molar-refractivity contribution in [1.82, 2.24) is 9.97 Å². The highest BCUT2D eigenvalue weighted by Gasteiger charge is 2.65. The fraction of sp³-hybridized carbons (Fsp3) is 0.172. The largest absolute Gasteiger partial charge is 0.369 e. The summed E-state index contributed by atoms with van der Waals surface area (Å²) >= 11 is 0. The van der Waals surface area contributed by atoms with Crippen LogP contribution in [-0.2, 0) is 4.79 Å². The molecule has 1 aliphatic carbocycles. The molecular weight excluding hydrogens is 420 g/mol. The molecule has 1 aliphatic rings. The zero-order valence-electron chi connectivity index (χ0n) is 18.6. The molecule has 0 radical (unpaired) electrons. The molecule has 0 spiro atoms. The van der Waals surface area contributed by atoms with Gasteiger partial charge in [0.25, 0.3) is 0 Å². The van der Waals surface area contributed by atoms with E-state index in [0.29, 0.717) is 12.0 Å². The number of carbonyl (C=O) groups excluding carboxylic acids is 1. The van der Waals surface area contributed by atoms with E-state index in [1.54, 1.807) is 18.5 Å². The number of benzene rings is 2. The molecule has 1 fully saturated rings. The van der Waals surface area contributed by atoms with E-state index in [9.17, 15) is 10.1 Å². The monoisotopic (exact) mass is 444 g/mol. The van der Waals surface area contributed by atoms with Gasteiger partial charge in [0.2, 0.25) is 5.91 Å². The van der Waals surface area contributed by atoms with Gasteiger partial charge in [-0.2, -0.15) is 5.26 Å². The van der Waals surface area contributed by atoms with Crippen molar-refractivity contribution in [3.63, 3.8) is 0 Å². The molecule has 3 unspecified atom stereocenters. The maximum atomic E-state index is 13.3. The van der Waals surface area contributed by atoms with E-state index in [2.05, 4.69) is 28.2 Å². The minimum Gasteiger partial charge on any atom is -0.369 e. The number of rotatable bonds is 7. The molecule has 0 saturated heterocycles. The van der Waals surface area contributed by atoms with Gasteiger partial charge in [0.1, 0.15) is 0 Å². The van der Waals surface area contributed by atoms with Gasteiger partial charge in [0.05, 0.1) is 17.0 Å². The Kier molecular flexibility index (Phi) is 5.65. The van der Waals surface area contributed by atoms with Crippen molar-refractivity contribution in [3.05, 3.63) is 131 Å². The van der Waals surface area contributed by atoms with Gasteiger partial charge in [-0.25, -0.2) is 0 Å². The number of primary amides is 1. The lowest BCUT2D eigenvalue weighted by Gasteiger charge is -2.34. The quantitative estimate of drug-likeness (QED) is 0.438. The van der Waals surface area contributed by atoms with E-state index in [-0.39, 0.29) is 23.7 Å². The zero-order chi connectivity index (χ0) is 23.5. The van der Waals surface area contributed by atoms with Gasteiger partial charge in [-0.05, 0) is 52.9 Å². The Morgan fingerprint density at radius 2 is 1.56 bits per heavy atom. The van der Waals surface area contributed by atoms with Crippen LogP contribution in [0.1, 0.15) is 52.0 Å². The van der Waals surface area contributed by atoms with Crippen molar-refractivity contribution >= 4 is 5.91 Å². The summed E-state index contributed by atoms with van der Waals surface area (Å²) in [6, 6.07) is 27.7. The first kappa shape index (κ1) is 21.5. The Balaban J connectivity index is 1.76. The number of amides is 1. The molecule has 5 nitrogen and oxygen atoms in total. The second kappa shape index (κ2) is 8.92. The number of carbonyl (C=O) groups is 1. The minimum atomic E-state index is -0.814. The second-order valence-corrected chi connectivity index (χ2v) is 8.84. The van der Waals surface area contributed by atoms with Gasteiger partial charge >= 0.3 is 0 Å². The molecule has 4 aromatic rings. The third-order valence-corrected chi connectivity index (χ3v) is 7.01. The van der Waals surface area contributed by atoms with E-state index in [4.69, 9.17) is 5.73 Å². The van der Waals surface area contributed by atoms with Crippen molar-refractivity contribution in [2.75, 3.05) is 0 Å². The molecule has 5 heteroatoms. The number of nitrogens with two attached hydrogens (primary N) is 1. The Bertz CT molecular complexity index is 1300. The molecule has 0 bridgehead atoms. The van der Waals surface area contributed by atoms with Crippen molar-refractivity contribution < 1.29 is 4.79 Å². The Labute approximate surface area is 198 Å². The molecule has 2 heterocycles. The first-order valence-electron chi connectivity index (χ1n) is 11.3. The van der Waals surface area contributed by atoms with Crippen LogP contribution in [-0.4, -0.2) is 15.9 Å². The van der Waals surface area contributed by atoms with Gasteiger partial charge in [0.15, 0.2) is 0 Å². The number of hydrogen-bond donors (Lipinski definition) is 1. The van der Waals surface area contributed by atoms with Crippen LogP contribution in [0.5, 0.6) is 0 Å². The molecule has 5 rings (SSSR count). The van der Waals surface area contributed by atoms with E-state index in [0.717, 1.165) is 22.3 Å². The van der Waals surface area contributed by atoms with Crippen molar-refractivity contribution in [2.45, 2.75) is 24.2 Å². The van der Waals surface area contributed by atoms with E-state index in [1.807, 2.05) is 73.1 Å². The van der Waals surface area contributed by atoms with Crippen LogP contribution in [0.25, 0.3) is 0 Å². The summed E-state index contributed by atoms with van der Waals surface area (Å²) in [6.45, 7) is 0. The van der Waals surface area contributed by atoms with Crippen LogP contribution in [0.4, 0.5) is 0 Å². The zero-order valence-corrected chi connectivity index (χ0v) is 18.6. The summed E-state index contributed by atoms with van der Waals surface area (Å²) in [7, 11) is 0. The molecule has 2 N–H and O–H groups in total. The first-order chi connectivity index (χ1) is 16.6. The fourth-order valence-electron chi connectivity index (χ4n) is 5.43. The Hall–Kier alpha value is -4.30. The summed E-state index contributed by atoms with van der Waals surface area (Å²) in [5.41, 5.74) is 9.92. The standard InChI is InChI=1S/C29H24N4O/c30-17-20-7-4-10-22(15-20)27(29(28(31)34)16-25(29)21-8-2-1-3-9-21)26(23-11-5-13-32-18-23)24-12-6-14-33-19-24/h1-15,18-19,25-27H,16H2,(H2,31,34). The van der Waals surface area contributed by atoms with E-state index < -0.39 is 5.41 Å². The highest BCUT2D eigenvalue weighted by molar-refractivity contribution is 5.88. The van der Waals surface area contributed by atoms with Crippen LogP contribution in [0.2, 0.25) is 0 Å². The summed E-state index contributed by atoms with van der Waals surface area (Å²) in [4.78, 5) is 22.1. The molecule has 2 aromatic heterocycles. The number of hydrogen-bond acceptors (Lipinski definition) is 4. The lowest BCUT2D eigenvalue weighted by atomic mass is 9.68. The Morgan fingerprint density at radius 1 is 0.912 bits per heavy atom. The molecule has 0 aliphatic heterocycles. The maximum Gasteiger partial charge on any atom is 0.224 e.